The number of thioether (sulfide) groups is 1. The van der Waals surface area contributed by atoms with Crippen molar-refractivity contribution in [2.24, 2.45) is 0 Å². The van der Waals surface area contributed by atoms with Crippen molar-refractivity contribution >= 4 is 46.1 Å². The van der Waals surface area contributed by atoms with Gasteiger partial charge in [-0.3, -0.25) is 19.1 Å². The zero-order valence-electron chi connectivity index (χ0n) is 21.4. The summed E-state index contributed by atoms with van der Waals surface area (Å²) >= 11 is 6.84. The highest BCUT2D eigenvalue weighted by molar-refractivity contribution is 8.26. The van der Waals surface area contributed by atoms with Gasteiger partial charge in [-0.15, -0.1) is 0 Å². The molecule has 0 aliphatic carbocycles. The van der Waals surface area contributed by atoms with Crippen molar-refractivity contribution in [2.45, 2.75) is 85.5 Å². The van der Waals surface area contributed by atoms with Crippen molar-refractivity contribution in [1.29, 1.82) is 5.26 Å². The van der Waals surface area contributed by atoms with Crippen LogP contribution in [0.2, 0.25) is 0 Å². The van der Waals surface area contributed by atoms with E-state index in [1.807, 2.05) is 26.8 Å². The zero-order valence-corrected chi connectivity index (χ0v) is 23.1. The first kappa shape index (κ1) is 27.4. The number of rotatable bonds is 9. The minimum Gasteiger partial charge on any atom is -0.372 e. The molecule has 2 aliphatic rings. The monoisotopic (exact) mass is 516 g/mol. The summed E-state index contributed by atoms with van der Waals surface area (Å²) < 4.78 is 8.13. The highest BCUT2D eigenvalue weighted by atomic mass is 32.2. The molecular formula is C26H36N4O3S2. The van der Waals surface area contributed by atoms with Gasteiger partial charge in [-0.1, -0.05) is 56.6 Å². The molecule has 1 amide bonds. The van der Waals surface area contributed by atoms with Crippen molar-refractivity contribution in [3.8, 4) is 6.07 Å². The third-order valence-corrected chi connectivity index (χ3v) is 7.89. The first-order chi connectivity index (χ1) is 16.7. The maximum Gasteiger partial charge on any atom is 0.270 e. The van der Waals surface area contributed by atoms with Gasteiger partial charge < -0.3 is 9.64 Å². The topological polar surface area (TPSA) is 78.6 Å². The van der Waals surface area contributed by atoms with Gasteiger partial charge in [0.15, 0.2) is 0 Å². The van der Waals surface area contributed by atoms with Crippen molar-refractivity contribution in [2.75, 3.05) is 24.5 Å². The molecule has 0 radical (unpaired) electrons. The van der Waals surface area contributed by atoms with Crippen LogP contribution in [0, 0.1) is 18.3 Å². The molecule has 35 heavy (non-hydrogen) atoms. The number of amides is 1. The van der Waals surface area contributed by atoms with Gasteiger partial charge in [0.2, 0.25) is 0 Å². The zero-order chi connectivity index (χ0) is 25.7. The molecule has 2 fully saturated rings. The van der Waals surface area contributed by atoms with Gasteiger partial charge in [0.25, 0.3) is 11.5 Å². The average molecular weight is 517 g/mol. The highest BCUT2D eigenvalue weighted by Crippen LogP contribution is 2.36. The van der Waals surface area contributed by atoms with E-state index in [-0.39, 0.29) is 29.2 Å². The number of carbonyl (C=O) groups is 1. The van der Waals surface area contributed by atoms with Gasteiger partial charge in [-0.25, -0.2) is 0 Å². The number of unbranched alkanes of at least 4 members (excludes halogenated alkanes) is 4. The Morgan fingerprint density at radius 2 is 1.80 bits per heavy atom. The molecule has 1 aromatic heterocycles. The van der Waals surface area contributed by atoms with E-state index in [2.05, 4.69) is 17.9 Å². The second-order valence-electron chi connectivity index (χ2n) is 9.31. The van der Waals surface area contributed by atoms with E-state index in [1.54, 1.807) is 16.4 Å². The predicted molar refractivity (Wildman–Crippen MR) is 147 cm³/mol. The molecule has 0 saturated carbocycles. The Balaban J connectivity index is 2.04. The molecule has 1 aromatic rings. The third kappa shape index (κ3) is 5.99. The molecule has 0 bridgehead atoms. The fraction of sp³-hybridized carbons (Fsp3) is 0.615. The number of morpholine rings is 1. The predicted octanol–water partition coefficient (Wildman–Crippen LogP) is 4.83. The van der Waals surface area contributed by atoms with E-state index in [0.29, 0.717) is 41.0 Å². The summed E-state index contributed by atoms with van der Waals surface area (Å²) in [7, 11) is 0. The summed E-state index contributed by atoms with van der Waals surface area (Å²) in [5, 5.41) is 9.77. The van der Waals surface area contributed by atoms with Crippen molar-refractivity contribution in [3.05, 3.63) is 31.9 Å². The maximum atomic E-state index is 13.3. The lowest BCUT2D eigenvalue weighted by Gasteiger charge is -2.39. The molecule has 0 N–H and O–H groups in total. The number of hydrogen-bond donors (Lipinski definition) is 0. The number of ether oxygens (including phenoxy) is 1. The fourth-order valence-corrected chi connectivity index (χ4v) is 6.12. The molecule has 3 rings (SSSR count). The van der Waals surface area contributed by atoms with Crippen LogP contribution >= 0.6 is 24.0 Å². The molecule has 2 saturated heterocycles. The number of hydrogen-bond acceptors (Lipinski definition) is 7. The number of nitrogens with zero attached hydrogens (tertiary/aromatic N) is 4. The lowest BCUT2D eigenvalue weighted by atomic mass is 10.0. The highest BCUT2D eigenvalue weighted by Gasteiger charge is 2.34. The summed E-state index contributed by atoms with van der Waals surface area (Å²) in [4.78, 5) is 30.9. The number of thiocarbonyl (C=S) groups is 1. The van der Waals surface area contributed by atoms with Crippen LogP contribution in [0.1, 0.15) is 76.5 Å². The van der Waals surface area contributed by atoms with Crippen LogP contribution in [-0.4, -0.2) is 51.5 Å². The van der Waals surface area contributed by atoms with Crippen molar-refractivity contribution in [1.82, 2.24) is 9.47 Å². The normalized spacial score (nSPS) is 21.8. The Morgan fingerprint density at radius 3 is 2.40 bits per heavy atom. The van der Waals surface area contributed by atoms with Crippen molar-refractivity contribution in [3.63, 3.8) is 0 Å². The van der Waals surface area contributed by atoms with Gasteiger partial charge >= 0.3 is 0 Å². The van der Waals surface area contributed by atoms with E-state index in [1.165, 1.54) is 24.6 Å². The Kier molecular flexibility index (Phi) is 9.56. The Morgan fingerprint density at radius 1 is 1.14 bits per heavy atom. The van der Waals surface area contributed by atoms with Gasteiger partial charge in [0.05, 0.1) is 17.1 Å². The number of aromatic nitrogens is 1. The Bertz CT molecular complexity index is 1100. The molecule has 190 valence electrons. The first-order valence-electron chi connectivity index (χ1n) is 12.6. The molecule has 0 aromatic carbocycles. The number of nitriles is 1. The third-order valence-electron chi connectivity index (χ3n) is 6.52. The van der Waals surface area contributed by atoms with E-state index < -0.39 is 0 Å². The second kappa shape index (κ2) is 12.2. The molecule has 2 aliphatic heterocycles. The molecule has 2 unspecified atom stereocenters. The lowest BCUT2D eigenvalue weighted by molar-refractivity contribution is -0.122. The second-order valence-corrected chi connectivity index (χ2v) is 11.0. The largest absolute Gasteiger partial charge is 0.372 e. The van der Waals surface area contributed by atoms with E-state index in [0.717, 1.165) is 30.6 Å². The minimum atomic E-state index is -0.300. The van der Waals surface area contributed by atoms with Crippen LogP contribution in [0.25, 0.3) is 6.08 Å². The van der Waals surface area contributed by atoms with Crippen LogP contribution in [0.15, 0.2) is 9.70 Å². The Labute approximate surface area is 218 Å². The molecule has 0 spiro atoms. The number of carbonyl (C=O) groups excluding carboxylic acids is 1. The van der Waals surface area contributed by atoms with Crippen LogP contribution in [0.3, 0.4) is 0 Å². The first-order valence-corrected chi connectivity index (χ1v) is 13.8. The Hall–Kier alpha value is -2.15. The van der Waals surface area contributed by atoms with E-state index in [9.17, 15) is 14.9 Å². The van der Waals surface area contributed by atoms with Crippen LogP contribution in [0.5, 0.6) is 0 Å². The van der Waals surface area contributed by atoms with E-state index >= 15 is 0 Å². The number of pyridine rings is 1. The standard InChI is InChI=1S/C26H36N4O3S2/c1-6-8-9-10-11-12-30-25(32)22(35-26(30)34)13-20-19(5)21(14-27)24(31)29(7-2)23(20)28-15-17(3)33-18(4)16-28/h13,17-18H,6-12,15-16H2,1-5H3. The smallest absolute Gasteiger partial charge is 0.270 e. The van der Waals surface area contributed by atoms with Crippen LogP contribution in [0.4, 0.5) is 5.82 Å². The number of anilines is 1. The average Bonchev–Trinajstić information content (AvgIpc) is 3.07. The summed E-state index contributed by atoms with van der Waals surface area (Å²) in [5.41, 5.74) is 1.13. The SMILES string of the molecule is CCCCCCCN1C(=O)C(=Cc2c(C)c(C#N)c(=O)n(CC)c2N2CC(C)OC(C)C2)SC1=S. The minimum absolute atomic E-state index is 0.00567. The van der Waals surface area contributed by atoms with Gasteiger partial charge in [-0.2, -0.15) is 5.26 Å². The van der Waals surface area contributed by atoms with Gasteiger partial charge in [0, 0.05) is 31.7 Å². The fourth-order valence-electron chi connectivity index (χ4n) is 4.83. The molecule has 7 nitrogen and oxygen atoms in total. The molecule has 3 heterocycles. The van der Waals surface area contributed by atoms with Crippen LogP contribution in [-0.2, 0) is 16.1 Å². The lowest BCUT2D eigenvalue weighted by Crippen LogP contribution is -2.48. The molecular weight excluding hydrogens is 480 g/mol. The summed E-state index contributed by atoms with van der Waals surface area (Å²) in [6.07, 6.45) is 7.36. The quantitative estimate of drug-likeness (QED) is 0.264. The van der Waals surface area contributed by atoms with E-state index in [4.69, 9.17) is 17.0 Å². The van der Waals surface area contributed by atoms with Crippen molar-refractivity contribution < 1.29 is 9.53 Å². The van der Waals surface area contributed by atoms with Gasteiger partial charge in [-0.05, 0) is 45.8 Å². The molecule has 2 atom stereocenters. The maximum absolute atomic E-state index is 13.3. The summed E-state index contributed by atoms with van der Waals surface area (Å²) in [5.74, 6) is 0.637. The summed E-state index contributed by atoms with van der Waals surface area (Å²) in [6.45, 7) is 12.2. The van der Waals surface area contributed by atoms with Crippen LogP contribution < -0.4 is 10.5 Å². The summed E-state index contributed by atoms with van der Waals surface area (Å²) in [6, 6.07) is 2.09. The molecule has 9 heteroatoms. The van der Waals surface area contributed by atoms with Gasteiger partial charge in [0.1, 0.15) is 21.8 Å².